The van der Waals surface area contributed by atoms with E-state index in [0.29, 0.717) is 4.90 Å². The number of carbonyl (C=O) groups excluding carboxylic acids is 2. The SMILES string of the molecule is Cn1cc(N(C(=O)C(F)(F)F)C2CC(NC(=O)OC(C)(C)C)C2)cn1. The largest absolute Gasteiger partial charge is 0.471 e. The molecule has 1 aromatic rings. The summed E-state index contributed by atoms with van der Waals surface area (Å²) in [7, 11) is 1.55. The fraction of sp³-hybridized carbons (Fsp3) is 0.667. The lowest BCUT2D eigenvalue weighted by atomic mass is 9.85. The molecule has 0 spiro atoms. The van der Waals surface area contributed by atoms with Crippen molar-refractivity contribution in [3.63, 3.8) is 0 Å². The first-order chi connectivity index (χ1) is 11.4. The molecule has 2 rings (SSSR count). The number of halogens is 3. The number of anilines is 1. The Morgan fingerprint density at radius 3 is 2.36 bits per heavy atom. The predicted octanol–water partition coefficient (Wildman–Crippen LogP) is 2.37. The number of aromatic nitrogens is 2. The molecule has 7 nitrogen and oxygen atoms in total. The monoisotopic (exact) mass is 362 g/mol. The van der Waals surface area contributed by atoms with Crippen LogP contribution in [0.1, 0.15) is 33.6 Å². The number of nitrogens with zero attached hydrogens (tertiary/aromatic N) is 3. The molecule has 1 fully saturated rings. The second-order valence-corrected chi connectivity index (χ2v) is 7.01. The van der Waals surface area contributed by atoms with Crippen molar-refractivity contribution in [3.8, 4) is 0 Å². The average molecular weight is 362 g/mol. The lowest BCUT2D eigenvalue weighted by Crippen LogP contribution is -2.58. The van der Waals surface area contributed by atoms with Crippen LogP contribution in [-0.2, 0) is 16.6 Å². The highest BCUT2D eigenvalue weighted by atomic mass is 19.4. The van der Waals surface area contributed by atoms with Gasteiger partial charge in [-0.3, -0.25) is 14.4 Å². The van der Waals surface area contributed by atoms with Gasteiger partial charge in [0.15, 0.2) is 0 Å². The summed E-state index contributed by atoms with van der Waals surface area (Å²) in [5, 5.41) is 6.41. The van der Waals surface area contributed by atoms with E-state index in [1.165, 1.54) is 17.1 Å². The van der Waals surface area contributed by atoms with Crippen LogP contribution in [0.5, 0.6) is 0 Å². The highest BCUT2D eigenvalue weighted by Crippen LogP contribution is 2.33. The first kappa shape index (κ1) is 19.1. The lowest BCUT2D eigenvalue weighted by molar-refractivity contribution is -0.171. The van der Waals surface area contributed by atoms with Crippen LogP contribution in [0, 0.1) is 0 Å². The normalized spacial score (nSPS) is 20.6. The molecular formula is C15H21F3N4O3. The number of ether oxygens (including phenoxy) is 1. The van der Waals surface area contributed by atoms with E-state index in [0.717, 1.165) is 0 Å². The molecule has 1 N–H and O–H groups in total. The molecule has 10 heteroatoms. The van der Waals surface area contributed by atoms with Gasteiger partial charge in [0.1, 0.15) is 5.60 Å². The molecule has 0 aliphatic heterocycles. The quantitative estimate of drug-likeness (QED) is 0.896. The van der Waals surface area contributed by atoms with Crippen molar-refractivity contribution >= 4 is 17.7 Å². The van der Waals surface area contributed by atoms with Crippen molar-refractivity contribution in [1.82, 2.24) is 15.1 Å². The summed E-state index contributed by atoms with van der Waals surface area (Å²) in [5.74, 6) is -1.94. The second-order valence-electron chi connectivity index (χ2n) is 7.01. The maximum absolute atomic E-state index is 12.9. The van der Waals surface area contributed by atoms with Crippen LogP contribution in [-0.4, -0.2) is 45.6 Å². The summed E-state index contributed by atoms with van der Waals surface area (Å²) < 4.78 is 45.1. The van der Waals surface area contributed by atoms with Crippen LogP contribution in [0.4, 0.5) is 23.7 Å². The van der Waals surface area contributed by atoms with Gasteiger partial charge in [0.2, 0.25) is 0 Å². The van der Waals surface area contributed by atoms with Gasteiger partial charge in [0.05, 0.1) is 11.9 Å². The zero-order valence-corrected chi connectivity index (χ0v) is 14.4. The Balaban J connectivity index is 2.02. The molecule has 2 amide bonds. The standard InChI is InChI=1S/C15H21F3N4O3/c1-14(2,3)25-13(24)20-9-5-10(6-9)22(12(23)15(16,17)18)11-7-19-21(4)8-11/h7-10H,5-6H2,1-4H3,(H,20,24). The van der Waals surface area contributed by atoms with E-state index in [2.05, 4.69) is 10.4 Å². The molecule has 0 bridgehead atoms. The first-order valence-electron chi connectivity index (χ1n) is 7.75. The Bertz CT molecular complexity index is 645. The molecule has 1 saturated carbocycles. The third-order valence-corrected chi connectivity index (χ3v) is 3.63. The smallest absolute Gasteiger partial charge is 0.444 e. The minimum absolute atomic E-state index is 0.0746. The van der Waals surface area contributed by atoms with Gasteiger partial charge in [-0.1, -0.05) is 0 Å². The maximum atomic E-state index is 12.9. The number of hydrogen-bond donors (Lipinski definition) is 1. The molecule has 25 heavy (non-hydrogen) atoms. The van der Waals surface area contributed by atoms with Gasteiger partial charge in [-0.25, -0.2) is 4.79 Å². The zero-order valence-electron chi connectivity index (χ0n) is 14.4. The zero-order chi connectivity index (χ0) is 19.0. The van der Waals surface area contributed by atoms with Gasteiger partial charge < -0.3 is 10.1 Å². The van der Waals surface area contributed by atoms with E-state index >= 15 is 0 Å². The molecular weight excluding hydrogens is 341 g/mol. The van der Waals surface area contributed by atoms with Crippen molar-refractivity contribution in [2.45, 2.75) is 57.5 Å². The number of amides is 2. The van der Waals surface area contributed by atoms with Crippen LogP contribution in [0.25, 0.3) is 0 Å². The van der Waals surface area contributed by atoms with E-state index in [4.69, 9.17) is 4.74 Å². The number of carbonyl (C=O) groups is 2. The molecule has 0 atom stereocenters. The van der Waals surface area contributed by atoms with Crippen molar-refractivity contribution in [2.24, 2.45) is 7.05 Å². The third kappa shape index (κ3) is 4.86. The summed E-state index contributed by atoms with van der Waals surface area (Å²) >= 11 is 0. The second kappa shape index (κ2) is 6.57. The summed E-state index contributed by atoms with van der Waals surface area (Å²) in [4.78, 5) is 24.2. The fourth-order valence-electron chi connectivity index (χ4n) is 2.55. The van der Waals surface area contributed by atoms with Crippen molar-refractivity contribution < 1.29 is 27.5 Å². The Morgan fingerprint density at radius 1 is 1.32 bits per heavy atom. The molecule has 0 aromatic carbocycles. The van der Waals surface area contributed by atoms with E-state index in [9.17, 15) is 22.8 Å². The summed E-state index contributed by atoms with van der Waals surface area (Å²) in [6, 6.07) is -1.02. The van der Waals surface area contributed by atoms with Gasteiger partial charge in [-0.2, -0.15) is 18.3 Å². The highest BCUT2D eigenvalue weighted by molar-refractivity contribution is 5.97. The van der Waals surface area contributed by atoms with Crippen LogP contribution >= 0.6 is 0 Å². The topological polar surface area (TPSA) is 76.5 Å². The van der Waals surface area contributed by atoms with Crippen LogP contribution in [0.15, 0.2) is 12.4 Å². The maximum Gasteiger partial charge on any atom is 0.471 e. The van der Waals surface area contributed by atoms with Gasteiger partial charge in [0.25, 0.3) is 0 Å². The van der Waals surface area contributed by atoms with Gasteiger partial charge in [-0.15, -0.1) is 0 Å². The summed E-state index contributed by atoms with van der Waals surface area (Å²) in [6.07, 6.45) is -2.66. The van der Waals surface area contributed by atoms with Gasteiger partial charge >= 0.3 is 18.2 Å². The van der Waals surface area contributed by atoms with Crippen molar-refractivity contribution in [2.75, 3.05) is 4.90 Å². The number of rotatable bonds is 3. The minimum Gasteiger partial charge on any atom is -0.444 e. The molecule has 1 heterocycles. The molecule has 0 radical (unpaired) electrons. The first-order valence-corrected chi connectivity index (χ1v) is 7.75. The predicted molar refractivity (Wildman–Crippen MR) is 82.9 cm³/mol. The Morgan fingerprint density at radius 2 is 1.92 bits per heavy atom. The number of aryl methyl sites for hydroxylation is 1. The van der Waals surface area contributed by atoms with Crippen LogP contribution in [0.2, 0.25) is 0 Å². The van der Waals surface area contributed by atoms with Crippen molar-refractivity contribution in [1.29, 1.82) is 0 Å². The minimum atomic E-state index is -4.99. The summed E-state index contributed by atoms with van der Waals surface area (Å²) in [5.41, 5.74) is -0.591. The molecule has 1 aliphatic rings. The number of nitrogens with one attached hydrogen (secondary N) is 1. The van der Waals surface area contributed by atoms with E-state index in [1.54, 1.807) is 27.8 Å². The lowest BCUT2D eigenvalue weighted by Gasteiger charge is -2.42. The van der Waals surface area contributed by atoms with E-state index in [1.807, 2.05) is 0 Å². The third-order valence-electron chi connectivity index (χ3n) is 3.63. The Hall–Kier alpha value is -2.26. The van der Waals surface area contributed by atoms with Crippen molar-refractivity contribution in [3.05, 3.63) is 12.4 Å². The molecule has 1 aliphatic carbocycles. The molecule has 0 saturated heterocycles. The van der Waals surface area contributed by atoms with Crippen LogP contribution < -0.4 is 10.2 Å². The van der Waals surface area contributed by atoms with Gasteiger partial charge in [-0.05, 0) is 33.6 Å². The van der Waals surface area contributed by atoms with E-state index in [-0.39, 0.29) is 24.6 Å². The summed E-state index contributed by atoms with van der Waals surface area (Å²) in [6.45, 7) is 5.13. The Labute approximate surface area is 143 Å². The Kier molecular flexibility index (Phi) is 5.01. The number of alkyl carbamates (subject to hydrolysis) is 1. The van der Waals surface area contributed by atoms with Crippen LogP contribution in [0.3, 0.4) is 0 Å². The highest BCUT2D eigenvalue weighted by Gasteiger charge is 2.48. The fourth-order valence-corrected chi connectivity index (χ4v) is 2.55. The molecule has 140 valence electrons. The molecule has 1 aromatic heterocycles. The van der Waals surface area contributed by atoms with Gasteiger partial charge in [0, 0.05) is 25.3 Å². The average Bonchev–Trinajstić information content (AvgIpc) is 2.79. The van der Waals surface area contributed by atoms with E-state index < -0.39 is 29.8 Å². The number of hydrogen-bond acceptors (Lipinski definition) is 4. The molecule has 0 unspecified atom stereocenters. The number of alkyl halides is 3.